The maximum Gasteiger partial charge on any atom is 0.265 e. The second-order valence-electron chi connectivity index (χ2n) is 3.59. The smallest absolute Gasteiger partial charge is 0.265 e. The van der Waals surface area contributed by atoms with Crippen molar-refractivity contribution in [1.82, 2.24) is 0 Å². The molecule has 0 aliphatic heterocycles. The summed E-state index contributed by atoms with van der Waals surface area (Å²) < 4.78 is 28.3. The Morgan fingerprint density at radius 2 is 1.53 bits per heavy atom. The maximum absolute atomic E-state index is 11.4. The number of para-hydroxylation sites is 1. The summed E-state index contributed by atoms with van der Waals surface area (Å²) in [5.41, 5.74) is 0. The fourth-order valence-electron chi connectivity index (χ4n) is 1.45. The lowest BCUT2D eigenvalue weighted by atomic mass is 10.3. The SMILES string of the molecule is O=S(=O)(Cl)c1ccccc1Oc1cc(Cl)cc(Cl)c1. The van der Waals surface area contributed by atoms with Crippen molar-refractivity contribution in [3.8, 4) is 11.5 Å². The monoisotopic (exact) mass is 336 g/mol. The molecule has 19 heavy (non-hydrogen) atoms. The van der Waals surface area contributed by atoms with Gasteiger partial charge in [0.05, 0.1) is 0 Å². The first-order valence-corrected chi connectivity index (χ1v) is 8.10. The molecule has 100 valence electrons. The van der Waals surface area contributed by atoms with Crippen molar-refractivity contribution in [2.24, 2.45) is 0 Å². The summed E-state index contributed by atoms with van der Waals surface area (Å²) in [7, 11) is 1.44. The first-order valence-electron chi connectivity index (χ1n) is 5.04. The Hall–Kier alpha value is -0.940. The molecule has 0 bridgehead atoms. The molecule has 0 aliphatic rings. The van der Waals surface area contributed by atoms with E-state index in [1.807, 2.05) is 0 Å². The van der Waals surface area contributed by atoms with Crippen molar-refractivity contribution in [1.29, 1.82) is 0 Å². The summed E-state index contributed by atoms with van der Waals surface area (Å²) >= 11 is 11.7. The summed E-state index contributed by atoms with van der Waals surface area (Å²) in [6.45, 7) is 0. The third kappa shape index (κ3) is 3.76. The summed E-state index contributed by atoms with van der Waals surface area (Å²) in [4.78, 5) is -0.118. The van der Waals surface area contributed by atoms with Crippen molar-refractivity contribution >= 4 is 42.9 Å². The van der Waals surface area contributed by atoms with Crippen molar-refractivity contribution in [3.05, 3.63) is 52.5 Å². The van der Waals surface area contributed by atoms with E-state index in [0.29, 0.717) is 15.8 Å². The lowest BCUT2D eigenvalue weighted by Crippen LogP contribution is -1.95. The summed E-state index contributed by atoms with van der Waals surface area (Å²) in [5.74, 6) is 0.432. The van der Waals surface area contributed by atoms with E-state index in [2.05, 4.69) is 0 Å². The van der Waals surface area contributed by atoms with E-state index in [1.165, 1.54) is 24.3 Å². The predicted octanol–water partition coefficient (Wildman–Crippen LogP) is 4.71. The number of hydrogen-bond donors (Lipinski definition) is 0. The highest BCUT2D eigenvalue weighted by Crippen LogP contribution is 2.33. The fourth-order valence-corrected chi connectivity index (χ4v) is 2.93. The molecule has 0 atom stereocenters. The third-order valence-corrected chi connectivity index (χ3v) is 3.97. The topological polar surface area (TPSA) is 43.4 Å². The Bertz CT molecular complexity index is 694. The molecule has 0 radical (unpaired) electrons. The van der Waals surface area contributed by atoms with Crippen LogP contribution in [0.1, 0.15) is 0 Å². The lowest BCUT2D eigenvalue weighted by molar-refractivity contribution is 0.468. The molecule has 0 spiro atoms. The second-order valence-corrected chi connectivity index (χ2v) is 7.00. The average Bonchev–Trinajstić information content (AvgIpc) is 2.26. The van der Waals surface area contributed by atoms with E-state index >= 15 is 0 Å². The highest BCUT2D eigenvalue weighted by atomic mass is 35.7. The minimum absolute atomic E-state index is 0.107. The van der Waals surface area contributed by atoms with Gasteiger partial charge in [-0.3, -0.25) is 0 Å². The molecule has 0 saturated heterocycles. The number of halogens is 3. The van der Waals surface area contributed by atoms with Gasteiger partial charge in [0.1, 0.15) is 16.4 Å². The van der Waals surface area contributed by atoms with Crippen LogP contribution < -0.4 is 4.74 Å². The van der Waals surface area contributed by atoms with Crippen LogP contribution in [0.25, 0.3) is 0 Å². The van der Waals surface area contributed by atoms with Gasteiger partial charge >= 0.3 is 0 Å². The van der Waals surface area contributed by atoms with Gasteiger partial charge in [-0.25, -0.2) is 8.42 Å². The molecule has 0 fully saturated rings. The first-order chi connectivity index (χ1) is 8.86. The summed E-state index contributed by atoms with van der Waals surface area (Å²) in [5, 5.41) is 0.766. The average molecular weight is 338 g/mol. The zero-order valence-corrected chi connectivity index (χ0v) is 12.4. The van der Waals surface area contributed by atoms with E-state index in [4.69, 9.17) is 38.6 Å². The van der Waals surface area contributed by atoms with Crippen LogP contribution in [-0.2, 0) is 9.05 Å². The molecule has 0 unspecified atom stereocenters. The molecule has 0 aromatic heterocycles. The van der Waals surface area contributed by atoms with Crippen LogP contribution in [0, 0.1) is 0 Å². The van der Waals surface area contributed by atoms with Crippen molar-refractivity contribution in [3.63, 3.8) is 0 Å². The Morgan fingerprint density at radius 3 is 2.11 bits per heavy atom. The number of ether oxygens (including phenoxy) is 1. The van der Waals surface area contributed by atoms with Gasteiger partial charge in [-0.2, -0.15) is 0 Å². The van der Waals surface area contributed by atoms with E-state index in [-0.39, 0.29) is 10.6 Å². The van der Waals surface area contributed by atoms with Gasteiger partial charge < -0.3 is 4.74 Å². The van der Waals surface area contributed by atoms with Gasteiger partial charge in [0, 0.05) is 20.7 Å². The van der Waals surface area contributed by atoms with E-state index in [9.17, 15) is 8.42 Å². The first kappa shape index (κ1) is 14.5. The maximum atomic E-state index is 11.4. The van der Waals surface area contributed by atoms with E-state index < -0.39 is 9.05 Å². The van der Waals surface area contributed by atoms with E-state index in [0.717, 1.165) is 0 Å². The standard InChI is InChI=1S/C12H7Cl3O3S/c13-8-5-9(14)7-10(6-8)18-11-3-1-2-4-12(11)19(15,16)17/h1-7H. The van der Waals surface area contributed by atoms with Gasteiger partial charge in [0.15, 0.2) is 0 Å². The zero-order chi connectivity index (χ0) is 14.0. The summed E-state index contributed by atoms with van der Waals surface area (Å²) in [6.07, 6.45) is 0. The van der Waals surface area contributed by atoms with Crippen molar-refractivity contribution in [2.45, 2.75) is 4.90 Å². The molecule has 2 rings (SSSR count). The van der Waals surface area contributed by atoms with Crippen LogP contribution >= 0.6 is 33.9 Å². The van der Waals surface area contributed by atoms with Crippen LogP contribution in [0.3, 0.4) is 0 Å². The third-order valence-electron chi connectivity index (χ3n) is 2.18. The van der Waals surface area contributed by atoms with E-state index in [1.54, 1.807) is 18.2 Å². The largest absolute Gasteiger partial charge is 0.456 e. The van der Waals surface area contributed by atoms with Crippen LogP contribution in [-0.4, -0.2) is 8.42 Å². The molecule has 0 heterocycles. The molecule has 0 amide bonds. The highest BCUT2D eigenvalue weighted by Gasteiger charge is 2.16. The normalized spacial score (nSPS) is 11.3. The van der Waals surface area contributed by atoms with Gasteiger partial charge in [0.25, 0.3) is 9.05 Å². The minimum Gasteiger partial charge on any atom is -0.456 e. The highest BCUT2D eigenvalue weighted by molar-refractivity contribution is 8.13. The number of rotatable bonds is 3. The molecule has 2 aromatic rings. The molecule has 0 N–H and O–H groups in total. The molecule has 0 aliphatic carbocycles. The van der Waals surface area contributed by atoms with Gasteiger partial charge in [0.2, 0.25) is 0 Å². The van der Waals surface area contributed by atoms with Crippen LogP contribution in [0.15, 0.2) is 47.4 Å². The molecule has 3 nitrogen and oxygen atoms in total. The molecule has 7 heteroatoms. The predicted molar refractivity (Wildman–Crippen MR) is 76.0 cm³/mol. The Morgan fingerprint density at radius 1 is 0.947 bits per heavy atom. The van der Waals surface area contributed by atoms with Gasteiger partial charge in [-0.1, -0.05) is 35.3 Å². The molecule has 0 saturated carbocycles. The molecule has 2 aromatic carbocycles. The molecular weight excluding hydrogens is 331 g/mol. The Balaban J connectivity index is 2.44. The van der Waals surface area contributed by atoms with Crippen LogP contribution in [0.2, 0.25) is 10.0 Å². The number of benzene rings is 2. The van der Waals surface area contributed by atoms with Crippen molar-refractivity contribution in [2.75, 3.05) is 0 Å². The van der Waals surface area contributed by atoms with Gasteiger partial charge in [-0.15, -0.1) is 0 Å². The number of hydrogen-bond acceptors (Lipinski definition) is 3. The van der Waals surface area contributed by atoms with Crippen molar-refractivity contribution < 1.29 is 13.2 Å². The van der Waals surface area contributed by atoms with Crippen LogP contribution in [0.4, 0.5) is 0 Å². The molecular formula is C12H7Cl3O3S. The Kier molecular flexibility index (Phi) is 4.26. The fraction of sp³-hybridized carbons (Fsp3) is 0. The summed E-state index contributed by atoms with van der Waals surface area (Å²) in [6, 6.07) is 10.6. The minimum atomic E-state index is -3.89. The lowest BCUT2D eigenvalue weighted by Gasteiger charge is -2.09. The quantitative estimate of drug-likeness (QED) is 0.762. The zero-order valence-electron chi connectivity index (χ0n) is 9.31. The van der Waals surface area contributed by atoms with Gasteiger partial charge in [-0.05, 0) is 30.3 Å². The second kappa shape index (κ2) is 5.59. The Labute approximate surface area is 125 Å². The van der Waals surface area contributed by atoms with Crippen LogP contribution in [0.5, 0.6) is 11.5 Å².